The lowest BCUT2D eigenvalue weighted by Gasteiger charge is -2.11. The van der Waals surface area contributed by atoms with Gasteiger partial charge in [-0.05, 0) is 41.3 Å². The lowest BCUT2D eigenvalue weighted by atomic mass is 9.99. The highest BCUT2D eigenvalue weighted by Gasteiger charge is 2.05. The van der Waals surface area contributed by atoms with Crippen LogP contribution in [0.15, 0.2) is 115 Å². The molecule has 1 nitrogen and oxygen atoms in total. The number of benzene rings is 4. The Balaban J connectivity index is 1.67. The summed E-state index contributed by atoms with van der Waals surface area (Å²) in [6.45, 7) is 2.13. The minimum Gasteiger partial charge on any atom is -0.361 e. The minimum atomic E-state index is 1.07. The van der Waals surface area contributed by atoms with Crippen molar-refractivity contribution in [2.75, 3.05) is 5.32 Å². The molecule has 0 amide bonds. The maximum absolute atomic E-state index is 3.50. The maximum atomic E-state index is 3.50. The van der Waals surface area contributed by atoms with E-state index in [4.69, 9.17) is 0 Å². The van der Waals surface area contributed by atoms with Crippen molar-refractivity contribution in [3.63, 3.8) is 0 Å². The van der Waals surface area contributed by atoms with Gasteiger partial charge in [0.1, 0.15) is 0 Å². The molecule has 0 atom stereocenters. The second-order valence-electron chi connectivity index (χ2n) is 6.88. The molecule has 4 aromatic carbocycles. The molecule has 0 aliphatic carbocycles. The first-order valence-electron chi connectivity index (χ1n) is 9.54. The summed E-state index contributed by atoms with van der Waals surface area (Å²) in [5, 5.41) is 3.50. The molecule has 28 heavy (non-hydrogen) atoms. The summed E-state index contributed by atoms with van der Waals surface area (Å²) in [5.41, 5.74) is 8.34. The van der Waals surface area contributed by atoms with Crippen molar-refractivity contribution >= 4 is 11.3 Å². The average molecular weight is 361 g/mol. The molecular weight excluding hydrogens is 338 g/mol. The van der Waals surface area contributed by atoms with Crippen LogP contribution < -0.4 is 5.32 Å². The molecule has 0 bridgehead atoms. The third kappa shape index (κ3) is 4.21. The van der Waals surface area contributed by atoms with Crippen LogP contribution in [0.3, 0.4) is 0 Å². The molecule has 0 heterocycles. The monoisotopic (exact) mass is 361 g/mol. The summed E-state index contributed by atoms with van der Waals surface area (Å²) < 4.78 is 0. The van der Waals surface area contributed by atoms with Crippen LogP contribution in [0.2, 0.25) is 0 Å². The number of rotatable bonds is 5. The summed E-state index contributed by atoms with van der Waals surface area (Å²) in [5.74, 6) is 0. The first-order valence-corrected chi connectivity index (χ1v) is 9.54. The second kappa shape index (κ2) is 8.41. The minimum absolute atomic E-state index is 1.07. The molecule has 0 aliphatic rings. The predicted octanol–water partition coefficient (Wildman–Crippen LogP) is 7.16. The summed E-state index contributed by atoms with van der Waals surface area (Å²) in [6.07, 6.45) is 2.10. The van der Waals surface area contributed by atoms with E-state index in [2.05, 4.69) is 116 Å². The highest BCUT2D eigenvalue weighted by Crippen LogP contribution is 2.26. The van der Waals surface area contributed by atoms with Gasteiger partial charge in [-0.15, -0.1) is 0 Å². The van der Waals surface area contributed by atoms with E-state index in [0.717, 1.165) is 5.69 Å². The molecule has 1 heteroatoms. The molecule has 0 saturated heterocycles. The van der Waals surface area contributed by atoms with Gasteiger partial charge in [-0.25, -0.2) is 0 Å². The number of hydrogen-bond acceptors (Lipinski definition) is 1. The van der Waals surface area contributed by atoms with Crippen molar-refractivity contribution in [1.29, 1.82) is 0 Å². The van der Waals surface area contributed by atoms with Crippen molar-refractivity contribution < 1.29 is 0 Å². The lowest BCUT2D eigenvalue weighted by Crippen LogP contribution is -1.94. The molecule has 0 radical (unpaired) electrons. The van der Waals surface area contributed by atoms with Crippen LogP contribution in [-0.4, -0.2) is 0 Å². The fraction of sp³-hybridized carbons (Fsp3) is 0.0370. The number of aryl methyl sites for hydroxylation is 1. The third-order valence-electron chi connectivity index (χ3n) is 4.77. The Labute approximate surface area is 167 Å². The van der Waals surface area contributed by atoms with Gasteiger partial charge in [0.05, 0.1) is 0 Å². The quantitative estimate of drug-likeness (QED) is 0.397. The predicted molar refractivity (Wildman–Crippen MR) is 120 cm³/mol. The normalized spacial score (nSPS) is 10.3. The summed E-state index contributed by atoms with van der Waals surface area (Å²) in [4.78, 5) is 0. The largest absolute Gasteiger partial charge is 0.361 e. The highest BCUT2D eigenvalue weighted by atomic mass is 14.8. The smallest absolute Gasteiger partial charge is 0.0386 e. The van der Waals surface area contributed by atoms with E-state index in [1.54, 1.807) is 0 Å². The average Bonchev–Trinajstić information content (AvgIpc) is 2.76. The zero-order valence-electron chi connectivity index (χ0n) is 16.0. The molecule has 0 spiro atoms. The summed E-state index contributed by atoms with van der Waals surface area (Å²) >= 11 is 0. The van der Waals surface area contributed by atoms with Crippen LogP contribution >= 0.6 is 0 Å². The molecule has 4 aromatic rings. The van der Waals surface area contributed by atoms with Crippen molar-refractivity contribution in [2.24, 2.45) is 0 Å². The SMILES string of the molecule is Cc1cccc(-c2cccc(NC=C(c3ccccc3)c3ccccc3)c2)c1. The second-order valence-corrected chi connectivity index (χ2v) is 6.88. The van der Waals surface area contributed by atoms with E-state index >= 15 is 0 Å². The van der Waals surface area contributed by atoms with Crippen LogP contribution in [0.25, 0.3) is 16.7 Å². The van der Waals surface area contributed by atoms with Crippen LogP contribution in [0.4, 0.5) is 5.69 Å². The molecular formula is C27H23N. The van der Waals surface area contributed by atoms with Gasteiger partial charge in [0.25, 0.3) is 0 Å². The van der Waals surface area contributed by atoms with E-state index in [-0.39, 0.29) is 0 Å². The Morgan fingerprint density at radius 2 is 1.18 bits per heavy atom. The van der Waals surface area contributed by atoms with Gasteiger partial charge < -0.3 is 5.32 Å². The van der Waals surface area contributed by atoms with Gasteiger partial charge in [0.2, 0.25) is 0 Å². The van der Waals surface area contributed by atoms with Crippen molar-refractivity contribution in [1.82, 2.24) is 0 Å². The van der Waals surface area contributed by atoms with Crippen LogP contribution in [0.5, 0.6) is 0 Å². The topological polar surface area (TPSA) is 12.0 Å². The third-order valence-corrected chi connectivity index (χ3v) is 4.77. The van der Waals surface area contributed by atoms with Crippen molar-refractivity contribution in [3.05, 3.63) is 132 Å². The van der Waals surface area contributed by atoms with Gasteiger partial charge >= 0.3 is 0 Å². The van der Waals surface area contributed by atoms with E-state index in [9.17, 15) is 0 Å². The summed E-state index contributed by atoms with van der Waals surface area (Å²) in [6, 6.07) is 38.1. The van der Waals surface area contributed by atoms with E-state index in [1.165, 1.54) is 33.4 Å². The Morgan fingerprint density at radius 1 is 0.607 bits per heavy atom. The van der Waals surface area contributed by atoms with Gasteiger partial charge in [-0.3, -0.25) is 0 Å². The van der Waals surface area contributed by atoms with E-state index in [1.807, 2.05) is 12.1 Å². The first kappa shape index (κ1) is 17.8. The molecule has 136 valence electrons. The van der Waals surface area contributed by atoms with E-state index in [0.29, 0.717) is 0 Å². The summed E-state index contributed by atoms with van der Waals surface area (Å²) in [7, 11) is 0. The zero-order chi connectivity index (χ0) is 19.2. The molecule has 0 unspecified atom stereocenters. The van der Waals surface area contributed by atoms with Crippen molar-refractivity contribution in [2.45, 2.75) is 6.92 Å². The molecule has 1 N–H and O–H groups in total. The Kier molecular flexibility index (Phi) is 5.35. The zero-order valence-corrected chi connectivity index (χ0v) is 16.0. The molecule has 0 fully saturated rings. The van der Waals surface area contributed by atoms with Crippen molar-refractivity contribution in [3.8, 4) is 11.1 Å². The fourth-order valence-corrected chi connectivity index (χ4v) is 3.34. The molecule has 0 aliphatic heterocycles. The van der Waals surface area contributed by atoms with Gasteiger partial charge in [0, 0.05) is 17.5 Å². The number of hydrogen-bond donors (Lipinski definition) is 1. The standard InChI is InChI=1S/C27H23N/c1-21-10-8-15-24(18-21)25-16-9-17-26(19-25)28-20-27(22-11-4-2-5-12-22)23-13-6-3-7-14-23/h2-20,28H,1H3. The molecule has 4 rings (SSSR count). The first-order chi connectivity index (χ1) is 13.8. The van der Waals surface area contributed by atoms with E-state index < -0.39 is 0 Å². The highest BCUT2D eigenvalue weighted by molar-refractivity contribution is 5.81. The van der Waals surface area contributed by atoms with Gasteiger partial charge in [-0.2, -0.15) is 0 Å². The Bertz CT molecular complexity index is 1040. The molecule has 0 saturated carbocycles. The fourth-order valence-electron chi connectivity index (χ4n) is 3.34. The number of anilines is 1. The van der Waals surface area contributed by atoms with Crippen LogP contribution in [0.1, 0.15) is 16.7 Å². The van der Waals surface area contributed by atoms with Crippen LogP contribution in [-0.2, 0) is 0 Å². The maximum Gasteiger partial charge on any atom is 0.0386 e. The number of nitrogens with one attached hydrogen (secondary N) is 1. The van der Waals surface area contributed by atoms with Crippen LogP contribution in [0, 0.1) is 6.92 Å². The molecule has 0 aromatic heterocycles. The van der Waals surface area contributed by atoms with Gasteiger partial charge in [-0.1, -0.05) is 103 Å². The van der Waals surface area contributed by atoms with Gasteiger partial charge in [0.15, 0.2) is 0 Å². The lowest BCUT2D eigenvalue weighted by molar-refractivity contribution is 1.46. The Morgan fingerprint density at radius 3 is 1.79 bits per heavy atom. The Hall–Kier alpha value is -3.58.